The summed E-state index contributed by atoms with van der Waals surface area (Å²) in [5, 5.41) is 6.94. The molecule has 0 atom stereocenters. The maximum absolute atomic E-state index is 5.99. The van der Waals surface area contributed by atoms with Gasteiger partial charge in [-0.3, -0.25) is 0 Å². The summed E-state index contributed by atoms with van der Waals surface area (Å²) >= 11 is 5.99. The second kappa shape index (κ2) is 7.17. The molecule has 0 fully saturated rings. The molecule has 8 heteroatoms. The van der Waals surface area contributed by atoms with E-state index in [9.17, 15) is 0 Å². The minimum absolute atomic E-state index is 0.417. The molecule has 0 bridgehead atoms. The highest BCUT2D eigenvalue weighted by atomic mass is 35.5. The quantitative estimate of drug-likeness (QED) is 0.672. The lowest BCUT2D eigenvalue weighted by molar-refractivity contribution is 0.210. The molecule has 23 heavy (non-hydrogen) atoms. The van der Waals surface area contributed by atoms with Gasteiger partial charge in [0.05, 0.1) is 6.61 Å². The first kappa shape index (κ1) is 15.4. The van der Waals surface area contributed by atoms with Gasteiger partial charge in [0.25, 0.3) is 0 Å². The second-order valence-electron chi connectivity index (χ2n) is 4.68. The molecule has 3 aromatic rings. The van der Waals surface area contributed by atoms with Crippen LogP contribution < -0.4 is 10.6 Å². The van der Waals surface area contributed by atoms with Gasteiger partial charge in [0, 0.05) is 36.8 Å². The van der Waals surface area contributed by atoms with E-state index in [2.05, 4.69) is 30.6 Å². The molecule has 0 amide bonds. The van der Waals surface area contributed by atoms with Crippen LogP contribution in [-0.4, -0.2) is 40.2 Å². The van der Waals surface area contributed by atoms with E-state index in [-0.39, 0.29) is 0 Å². The highest BCUT2D eigenvalue weighted by Crippen LogP contribution is 2.22. The largest absolute Gasteiger partial charge is 0.383 e. The molecule has 2 aromatic heterocycles. The van der Waals surface area contributed by atoms with Crippen LogP contribution in [0.2, 0.25) is 5.02 Å². The summed E-state index contributed by atoms with van der Waals surface area (Å²) < 4.78 is 5.04. The fourth-order valence-corrected chi connectivity index (χ4v) is 2.20. The van der Waals surface area contributed by atoms with Crippen molar-refractivity contribution in [2.24, 2.45) is 0 Å². The molecule has 0 unspecified atom stereocenters. The first-order valence-corrected chi connectivity index (χ1v) is 7.38. The van der Waals surface area contributed by atoms with Crippen molar-refractivity contribution in [1.82, 2.24) is 19.9 Å². The first-order chi connectivity index (χ1) is 11.3. The van der Waals surface area contributed by atoms with Crippen LogP contribution in [0.4, 0.5) is 17.5 Å². The van der Waals surface area contributed by atoms with Gasteiger partial charge in [-0.1, -0.05) is 17.7 Å². The first-order valence-electron chi connectivity index (χ1n) is 7.00. The Labute approximate surface area is 138 Å². The van der Waals surface area contributed by atoms with Crippen LogP contribution >= 0.6 is 11.6 Å². The van der Waals surface area contributed by atoms with E-state index >= 15 is 0 Å². The molecule has 118 valence electrons. The van der Waals surface area contributed by atoms with Crippen molar-refractivity contribution >= 4 is 40.2 Å². The van der Waals surface area contributed by atoms with Gasteiger partial charge in [-0.05, 0) is 18.2 Å². The fraction of sp³-hybridized carbons (Fsp3) is 0.200. The number of benzene rings is 1. The number of methoxy groups -OCH3 is 1. The van der Waals surface area contributed by atoms with Gasteiger partial charge in [-0.25, -0.2) is 9.97 Å². The van der Waals surface area contributed by atoms with Crippen molar-refractivity contribution in [3.63, 3.8) is 0 Å². The van der Waals surface area contributed by atoms with Gasteiger partial charge in [0.2, 0.25) is 5.95 Å². The SMILES string of the molecule is COCCNc1nc(Nc2cccc(Cl)c2)nc2nccnc12. The van der Waals surface area contributed by atoms with Crippen molar-refractivity contribution in [3.05, 3.63) is 41.7 Å². The van der Waals surface area contributed by atoms with Crippen LogP contribution in [0, 0.1) is 0 Å². The molecule has 0 aliphatic rings. The van der Waals surface area contributed by atoms with Crippen LogP contribution in [0.1, 0.15) is 0 Å². The Balaban J connectivity index is 1.93. The van der Waals surface area contributed by atoms with E-state index in [4.69, 9.17) is 16.3 Å². The van der Waals surface area contributed by atoms with E-state index in [0.29, 0.717) is 41.1 Å². The topological polar surface area (TPSA) is 84.9 Å². The van der Waals surface area contributed by atoms with Gasteiger partial charge in [-0.15, -0.1) is 0 Å². The Bertz CT molecular complexity index is 813. The third-order valence-corrected chi connectivity index (χ3v) is 3.25. The summed E-state index contributed by atoms with van der Waals surface area (Å²) in [6, 6.07) is 7.33. The normalized spacial score (nSPS) is 10.7. The van der Waals surface area contributed by atoms with Crippen molar-refractivity contribution in [2.75, 3.05) is 30.9 Å². The van der Waals surface area contributed by atoms with E-state index in [1.807, 2.05) is 12.1 Å². The number of fused-ring (bicyclic) bond motifs is 1. The smallest absolute Gasteiger partial charge is 0.231 e. The Kier molecular flexibility index (Phi) is 4.80. The molecule has 2 heterocycles. The number of hydrogen-bond donors (Lipinski definition) is 2. The molecule has 0 radical (unpaired) electrons. The average molecular weight is 331 g/mol. The zero-order valence-corrected chi connectivity index (χ0v) is 13.2. The van der Waals surface area contributed by atoms with Crippen molar-refractivity contribution < 1.29 is 4.74 Å². The van der Waals surface area contributed by atoms with Crippen LogP contribution in [-0.2, 0) is 4.74 Å². The standard InChI is InChI=1S/C15H15ClN6O/c1-23-8-7-19-14-12-13(18-6-5-17-12)21-15(22-14)20-11-4-2-3-10(16)9-11/h2-6,9H,7-8H2,1H3,(H2,18,19,20,21,22). The zero-order valence-electron chi connectivity index (χ0n) is 12.5. The number of halogens is 1. The third kappa shape index (κ3) is 3.82. The summed E-state index contributed by atoms with van der Waals surface area (Å²) in [6.07, 6.45) is 3.20. The molecular formula is C15H15ClN6O. The number of ether oxygens (including phenoxy) is 1. The Morgan fingerprint density at radius 1 is 1.17 bits per heavy atom. The molecule has 0 saturated heterocycles. The monoisotopic (exact) mass is 330 g/mol. The minimum Gasteiger partial charge on any atom is -0.383 e. The molecule has 3 rings (SSSR count). The van der Waals surface area contributed by atoms with E-state index in [1.165, 1.54) is 0 Å². The van der Waals surface area contributed by atoms with E-state index in [0.717, 1.165) is 5.69 Å². The molecule has 7 nitrogen and oxygen atoms in total. The highest BCUT2D eigenvalue weighted by molar-refractivity contribution is 6.30. The lowest BCUT2D eigenvalue weighted by Gasteiger charge is -2.10. The van der Waals surface area contributed by atoms with Gasteiger partial charge in [0.1, 0.15) is 0 Å². The third-order valence-electron chi connectivity index (χ3n) is 3.01. The summed E-state index contributed by atoms with van der Waals surface area (Å²) in [6.45, 7) is 1.17. The van der Waals surface area contributed by atoms with Gasteiger partial charge in [-0.2, -0.15) is 9.97 Å². The number of anilines is 3. The predicted molar refractivity (Wildman–Crippen MR) is 90.2 cm³/mol. The summed E-state index contributed by atoms with van der Waals surface area (Å²) in [5.41, 5.74) is 1.91. The maximum Gasteiger partial charge on any atom is 0.231 e. The highest BCUT2D eigenvalue weighted by Gasteiger charge is 2.10. The summed E-state index contributed by atoms with van der Waals surface area (Å²) in [5.74, 6) is 1.02. The van der Waals surface area contributed by atoms with Gasteiger partial charge in [0.15, 0.2) is 17.0 Å². The number of hydrogen-bond acceptors (Lipinski definition) is 7. The molecule has 0 saturated carbocycles. The zero-order chi connectivity index (χ0) is 16.1. The van der Waals surface area contributed by atoms with Gasteiger partial charge >= 0.3 is 0 Å². The molecule has 0 aliphatic carbocycles. The Morgan fingerprint density at radius 3 is 2.87 bits per heavy atom. The number of aromatic nitrogens is 4. The number of nitrogens with zero attached hydrogens (tertiary/aromatic N) is 4. The molecule has 2 N–H and O–H groups in total. The van der Waals surface area contributed by atoms with Crippen molar-refractivity contribution in [2.45, 2.75) is 0 Å². The Hall–Kier alpha value is -2.51. The molecular weight excluding hydrogens is 316 g/mol. The number of rotatable bonds is 6. The lowest BCUT2D eigenvalue weighted by atomic mass is 10.3. The van der Waals surface area contributed by atoms with Crippen LogP contribution in [0.3, 0.4) is 0 Å². The van der Waals surface area contributed by atoms with Crippen LogP contribution in [0.15, 0.2) is 36.7 Å². The van der Waals surface area contributed by atoms with Crippen molar-refractivity contribution in [3.8, 4) is 0 Å². The minimum atomic E-state index is 0.417. The average Bonchev–Trinajstić information content (AvgIpc) is 2.55. The summed E-state index contributed by atoms with van der Waals surface area (Å²) in [4.78, 5) is 17.4. The number of nitrogens with one attached hydrogen (secondary N) is 2. The molecule has 0 aliphatic heterocycles. The van der Waals surface area contributed by atoms with Crippen LogP contribution in [0.5, 0.6) is 0 Å². The Morgan fingerprint density at radius 2 is 2.04 bits per heavy atom. The van der Waals surface area contributed by atoms with Crippen molar-refractivity contribution in [1.29, 1.82) is 0 Å². The van der Waals surface area contributed by atoms with E-state index < -0.39 is 0 Å². The molecule has 0 spiro atoms. The van der Waals surface area contributed by atoms with Gasteiger partial charge < -0.3 is 15.4 Å². The second-order valence-corrected chi connectivity index (χ2v) is 5.12. The lowest BCUT2D eigenvalue weighted by Crippen LogP contribution is -2.11. The summed E-state index contributed by atoms with van der Waals surface area (Å²) in [7, 11) is 1.64. The molecule has 1 aromatic carbocycles. The van der Waals surface area contributed by atoms with Crippen LogP contribution in [0.25, 0.3) is 11.2 Å². The maximum atomic E-state index is 5.99. The predicted octanol–water partition coefficient (Wildman–Crippen LogP) is 2.88. The van der Waals surface area contributed by atoms with E-state index in [1.54, 1.807) is 31.6 Å². The fourth-order valence-electron chi connectivity index (χ4n) is 2.01.